The second-order valence-electron chi connectivity index (χ2n) is 11.7. The van der Waals surface area contributed by atoms with E-state index in [1.54, 1.807) is 24.3 Å². The summed E-state index contributed by atoms with van der Waals surface area (Å²) >= 11 is 0. The van der Waals surface area contributed by atoms with Crippen LogP contribution in [0.15, 0.2) is 54.6 Å². The zero-order chi connectivity index (χ0) is 28.7. The Balaban J connectivity index is 1.58. The van der Waals surface area contributed by atoms with E-state index in [2.05, 4.69) is 33.9 Å². The SMILES string of the molecule is CC(C)(C)[Si](C)(C)OC[C@@H](CO[C@@H]1CCC[C@H](OC(=O)c2ccccc2)C1)OCc1ccc(C(F)(F)F)cc1. The number of ether oxygens (including phenoxy) is 3. The predicted molar refractivity (Wildman–Crippen MR) is 147 cm³/mol. The average molecular weight is 567 g/mol. The molecular weight excluding hydrogens is 525 g/mol. The van der Waals surface area contributed by atoms with E-state index in [1.807, 2.05) is 6.07 Å². The summed E-state index contributed by atoms with van der Waals surface area (Å²) in [5, 5.41) is 0.0189. The molecule has 2 aromatic rings. The van der Waals surface area contributed by atoms with Crippen molar-refractivity contribution in [3.8, 4) is 0 Å². The van der Waals surface area contributed by atoms with Crippen molar-refractivity contribution >= 4 is 14.3 Å². The zero-order valence-electron chi connectivity index (χ0n) is 23.6. The van der Waals surface area contributed by atoms with Crippen LogP contribution < -0.4 is 0 Å². The normalized spacial score (nSPS) is 19.5. The van der Waals surface area contributed by atoms with Crippen molar-refractivity contribution < 1.29 is 36.6 Å². The van der Waals surface area contributed by atoms with Crippen LogP contribution in [0, 0.1) is 0 Å². The van der Waals surface area contributed by atoms with E-state index >= 15 is 0 Å². The van der Waals surface area contributed by atoms with E-state index in [1.165, 1.54) is 12.1 Å². The Kier molecular flexibility index (Phi) is 10.8. The molecule has 5 nitrogen and oxygen atoms in total. The largest absolute Gasteiger partial charge is 0.459 e. The molecule has 0 bridgehead atoms. The molecule has 39 heavy (non-hydrogen) atoms. The minimum atomic E-state index is -4.37. The van der Waals surface area contributed by atoms with Gasteiger partial charge in [-0.1, -0.05) is 51.1 Å². The summed E-state index contributed by atoms with van der Waals surface area (Å²) in [4.78, 5) is 12.5. The summed E-state index contributed by atoms with van der Waals surface area (Å²) in [5.74, 6) is -0.332. The molecule has 3 rings (SSSR count). The van der Waals surface area contributed by atoms with Crippen LogP contribution in [-0.4, -0.2) is 45.8 Å². The summed E-state index contributed by atoms with van der Waals surface area (Å²) in [6.07, 6.45) is -1.94. The summed E-state index contributed by atoms with van der Waals surface area (Å²) in [6, 6.07) is 13.9. The van der Waals surface area contributed by atoms with E-state index in [4.69, 9.17) is 18.6 Å². The molecule has 0 amide bonds. The molecule has 0 N–H and O–H groups in total. The molecule has 0 unspecified atom stereocenters. The molecule has 1 aliphatic rings. The monoisotopic (exact) mass is 566 g/mol. The van der Waals surface area contributed by atoms with Crippen molar-refractivity contribution in [1.29, 1.82) is 0 Å². The molecule has 3 atom stereocenters. The molecular formula is C30H41F3O5Si. The standard InChI is InChI=1S/C30H41F3O5Si/c1-29(2,3)39(4,5)37-21-27(35-19-22-14-16-24(17-15-22)30(31,32)33)20-36-25-12-9-13-26(18-25)38-28(34)23-10-7-6-8-11-23/h6-8,10-11,14-17,25-27H,9,12-13,18-21H2,1-5H3/t25-,26+,27-/m1/s1. The van der Waals surface area contributed by atoms with Crippen molar-refractivity contribution in [2.75, 3.05) is 13.2 Å². The summed E-state index contributed by atoms with van der Waals surface area (Å²) < 4.78 is 63.2. The summed E-state index contributed by atoms with van der Waals surface area (Å²) in [5.41, 5.74) is 0.484. The second-order valence-corrected chi connectivity index (χ2v) is 16.5. The number of hydrogen-bond acceptors (Lipinski definition) is 5. The lowest BCUT2D eigenvalue weighted by atomic mass is 9.94. The van der Waals surface area contributed by atoms with Crippen molar-refractivity contribution in [3.05, 3.63) is 71.3 Å². The number of hydrogen-bond donors (Lipinski definition) is 0. The number of carbonyl (C=O) groups is 1. The van der Waals surface area contributed by atoms with Crippen LogP contribution in [0.25, 0.3) is 0 Å². The van der Waals surface area contributed by atoms with Gasteiger partial charge in [0.15, 0.2) is 8.32 Å². The lowest BCUT2D eigenvalue weighted by Crippen LogP contribution is -2.44. The van der Waals surface area contributed by atoms with Crippen molar-refractivity contribution in [3.63, 3.8) is 0 Å². The molecule has 1 aliphatic carbocycles. The fourth-order valence-electron chi connectivity index (χ4n) is 4.06. The summed E-state index contributed by atoms with van der Waals surface area (Å²) in [7, 11) is -2.05. The van der Waals surface area contributed by atoms with Gasteiger partial charge in [-0.25, -0.2) is 4.79 Å². The number of carbonyl (C=O) groups excluding carboxylic acids is 1. The van der Waals surface area contributed by atoms with E-state index in [-0.39, 0.29) is 36.4 Å². The number of rotatable bonds is 11. The van der Waals surface area contributed by atoms with E-state index in [0.29, 0.717) is 24.2 Å². The van der Waals surface area contributed by atoms with Crippen LogP contribution >= 0.6 is 0 Å². The molecule has 0 spiro atoms. The first kappa shape index (κ1) is 31.3. The molecule has 0 saturated heterocycles. The molecule has 0 heterocycles. The van der Waals surface area contributed by atoms with Gasteiger partial charge in [0.2, 0.25) is 0 Å². The Morgan fingerprint density at radius 3 is 2.21 bits per heavy atom. The van der Waals surface area contributed by atoms with Crippen LogP contribution in [0.3, 0.4) is 0 Å². The smallest absolute Gasteiger partial charge is 0.416 e. The maximum atomic E-state index is 12.9. The molecule has 0 radical (unpaired) electrons. The summed E-state index contributed by atoms with van der Waals surface area (Å²) in [6.45, 7) is 11.6. The Labute approximate surface area is 231 Å². The van der Waals surface area contributed by atoms with Crippen molar-refractivity contribution in [1.82, 2.24) is 0 Å². The van der Waals surface area contributed by atoms with E-state index in [9.17, 15) is 18.0 Å². The minimum absolute atomic E-state index is 0.0189. The van der Waals surface area contributed by atoms with Gasteiger partial charge in [0.05, 0.1) is 37.1 Å². The van der Waals surface area contributed by atoms with Gasteiger partial charge >= 0.3 is 12.1 Å². The first-order valence-corrected chi connectivity index (χ1v) is 16.4. The third-order valence-corrected chi connectivity index (χ3v) is 12.1. The lowest BCUT2D eigenvalue weighted by Gasteiger charge is -2.37. The van der Waals surface area contributed by atoms with Crippen molar-refractivity contribution in [2.45, 2.75) is 95.7 Å². The fraction of sp³-hybridized carbons (Fsp3) is 0.567. The first-order valence-electron chi connectivity index (χ1n) is 13.5. The van der Waals surface area contributed by atoms with E-state index in [0.717, 1.165) is 31.4 Å². The Morgan fingerprint density at radius 2 is 1.59 bits per heavy atom. The van der Waals surface area contributed by atoms with Gasteiger partial charge in [-0.2, -0.15) is 13.2 Å². The van der Waals surface area contributed by atoms with Crippen LogP contribution in [0.1, 0.15) is 67.9 Å². The molecule has 0 aromatic heterocycles. The zero-order valence-corrected chi connectivity index (χ0v) is 24.6. The lowest BCUT2D eigenvalue weighted by molar-refractivity contribution is -0.137. The minimum Gasteiger partial charge on any atom is -0.459 e. The number of halogens is 3. The molecule has 1 saturated carbocycles. The molecule has 0 aliphatic heterocycles. The van der Waals surface area contributed by atoms with Gasteiger partial charge < -0.3 is 18.6 Å². The maximum absolute atomic E-state index is 12.9. The third-order valence-electron chi connectivity index (χ3n) is 7.58. The second kappa shape index (κ2) is 13.4. The van der Waals surface area contributed by atoms with Crippen LogP contribution in [0.5, 0.6) is 0 Å². The van der Waals surface area contributed by atoms with Gasteiger partial charge in [-0.15, -0.1) is 0 Å². The Bertz CT molecular complexity index is 1040. The topological polar surface area (TPSA) is 54.0 Å². The van der Waals surface area contributed by atoms with Crippen LogP contribution in [0.4, 0.5) is 13.2 Å². The predicted octanol–water partition coefficient (Wildman–Crippen LogP) is 7.80. The number of benzene rings is 2. The molecule has 1 fully saturated rings. The van der Waals surface area contributed by atoms with E-state index < -0.39 is 26.2 Å². The molecule has 2 aromatic carbocycles. The molecule has 9 heteroatoms. The fourth-order valence-corrected chi connectivity index (χ4v) is 5.10. The quantitative estimate of drug-likeness (QED) is 0.205. The highest BCUT2D eigenvalue weighted by Crippen LogP contribution is 2.37. The Morgan fingerprint density at radius 1 is 0.949 bits per heavy atom. The van der Waals surface area contributed by atoms with Gasteiger partial charge in [-0.05, 0) is 67.2 Å². The Hall–Kier alpha value is -2.20. The number of alkyl halides is 3. The van der Waals surface area contributed by atoms with Gasteiger partial charge in [0, 0.05) is 6.42 Å². The third kappa shape index (κ3) is 9.74. The van der Waals surface area contributed by atoms with Crippen LogP contribution in [0.2, 0.25) is 18.1 Å². The molecule has 216 valence electrons. The maximum Gasteiger partial charge on any atom is 0.416 e. The van der Waals surface area contributed by atoms with Crippen LogP contribution in [-0.2, 0) is 31.4 Å². The average Bonchev–Trinajstić information content (AvgIpc) is 2.88. The highest BCUT2D eigenvalue weighted by Gasteiger charge is 2.38. The number of esters is 1. The van der Waals surface area contributed by atoms with Gasteiger partial charge in [-0.3, -0.25) is 0 Å². The highest BCUT2D eigenvalue weighted by atomic mass is 28.4. The first-order chi connectivity index (χ1) is 18.2. The highest BCUT2D eigenvalue weighted by molar-refractivity contribution is 6.74. The van der Waals surface area contributed by atoms with Gasteiger partial charge in [0.1, 0.15) is 12.2 Å². The van der Waals surface area contributed by atoms with Crippen molar-refractivity contribution in [2.24, 2.45) is 0 Å². The van der Waals surface area contributed by atoms with Gasteiger partial charge in [0.25, 0.3) is 0 Å².